The molecule has 0 fully saturated rings. The highest BCUT2D eigenvalue weighted by Crippen LogP contribution is 2.36. The molecule has 0 saturated carbocycles. The first-order chi connectivity index (χ1) is 13.0. The lowest BCUT2D eigenvalue weighted by molar-refractivity contribution is 0.590. The molecule has 3 heteroatoms. The smallest absolute Gasteiger partial charge is 0.138 e. The van der Waals surface area contributed by atoms with Crippen LogP contribution >= 0.6 is 11.3 Å². The summed E-state index contributed by atoms with van der Waals surface area (Å²) in [5, 5.41) is 10.8. The first-order valence-electron chi connectivity index (χ1n) is 9.11. The molecule has 0 aliphatic carbocycles. The molecule has 1 aromatic heterocycles. The van der Waals surface area contributed by atoms with Crippen molar-refractivity contribution >= 4 is 11.3 Å². The zero-order chi connectivity index (χ0) is 18.9. The van der Waals surface area contributed by atoms with Crippen molar-refractivity contribution in [3.05, 3.63) is 84.4 Å². The van der Waals surface area contributed by atoms with Crippen LogP contribution < -0.4 is 0 Å². The molecule has 0 spiro atoms. The van der Waals surface area contributed by atoms with Gasteiger partial charge in [-0.1, -0.05) is 111 Å². The molecule has 3 aromatic carbocycles. The van der Waals surface area contributed by atoms with E-state index in [-0.39, 0.29) is 5.41 Å². The molecular weight excluding hydrogens is 348 g/mol. The normalized spacial score (nSPS) is 11.5. The SMILES string of the molecule is CC(C)(C)c1ccc(-c2nnc(-c3ccccc3-c3ccccc3)s2)cc1. The van der Waals surface area contributed by atoms with Gasteiger partial charge < -0.3 is 0 Å². The van der Waals surface area contributed by atoms with Crippen LogP contribution in [0.15, 0.2) is 78.9 Å². The van der Waals surface area contributed by atoms with Gasteiger partial charge in [0.05, 0.1) is 0 Å². The van der Waals surface area contributed by atoms with Gasteiger partial charge in [-0.3, -0.25) is 0 Å². The number of rotatable bonds is 3. The van der Waals surface area contributed by atoms with Crippen LogP contribution in [0.1, 0.15) is 26.3 Å². The third kappa shape index (κ3) is 3.69. The molecule has 0 atom stereocenters. The van der Waals surface area contributed by atoms with Crippen molar-refractivity contribution in [3.63, 3.8) is 0 Å². The third-order valence-electron chi connectivity index (χ3n) is 4.67. The van der Waals surface area contributed by atoms with Crippen molar-refractivity contribution in [2.24, 2.45) is 0 Å². The standard InChI is InChI=1S/C24H22N2S/c1-24(2,3)19-15-13-18(14-16-19)22-25-26-23(27-22)21-12-8-7-11-20(21)17-9-5-4-6-10-17/h4-16H,1-3H3. The Labute approximate surface area is 164 Å². The van der Waals surface area contributed by atoms with Gasteiger partial charge in [-0.15, -0.1) is 10.2 Å². The third-order valence-corrected chi connectivity index (χ3v) is 5.67. The molecule has 0 amide bonds. The Kier molecular flexibility index (Phi) is 4.63. The molecule has 27 heavy (non-hydrogen) atoms. The van der Waals surface area contributed by atoms with E-state index in [9.17, 15) is 0 Å². The van der Waals surface area contributed by atoms with Gasteiger partial charge in [0.2, 0.25) is 0 Å². The molecule has 4 rings (SSSR count). The number of hydrogen-bond donors (Lipinski definition) is 0. The summed E-state index contributed by atoms with van der Waals surface area (Å²) < 4.78 is 0. The molecule has 4 aromatic rings. The topological polar surface area (TPSA) is 25.8 Å². The largest absolute Gasteiger partial charge is 0.148 e. The van der Waals surface area contributed by atoms with Crippen LogP contribution in [0.4, 0.5) is 0 Å². The Balaban J connectivity index is 1.70. The first-order valence-corrected chi connectivity index (χ1v) is 9.93. The number of aromatic nitrogens is 2. The lowest BCUT2D eigenvalue weighted by Crippen LogP contribution is -2.10. The van der Waals surface area contributed by atoms with E-state index in [0.29, 0.717) is 0 Å². The Morgan fingerprint density at radius 2 is 1.19 bits per heavy atom. The quantitative estimate of drug-likeness (QED) is 0.395. The summed E-state index contributed by atoms with van der Waals surface area (Å²) in [5.74, 6) is 0. The Morgan fingerprint density at radius 3 is 1.85 bits per heavy atom. The van der Waals surface area contributed by atoms with Crippen LogP contribution in [0.2, 0.25) is 0 Å². The van der Waals surface area contributed by atoms with Crippen molar-refractivity contribution < 1.29 is 0 Å². The van der Waals surface area contributed by atoms with Crippen LogP contribution in [0.3, 0.4) is 0 Å². The molecule has 0 bridgehead atoms. The maximum atomic E-state index is 4.49. The molecule has 0 N–H and O–H groups in total. The van der Waals surface area contributed by atoms with Gasteiger partial charge in [0, 0.05) is 11.1 Å². The van der Waals surface area contributed by atoms with Crippen molar-refractivity contribution in [1.82, 2.24) is 10.2 Å². The van der Waals surface area contributed by atoms with E-state index in [1.807, 2.05) is 6.07 Å². The molecular formula is C24H22N2S. The Hall–Kier alpha value is -2.78. The lowest BCUT2D eigenvalue weighted by Gasteiger charge is -2.18. The molecule has 0 unspecified atom stereocenters. The molecule has 0 aliphatic heterocycles. The Morgan fingerprint density at radius 1 is 0.593 bits per heavy atom. The second kappa shape index (κ2) is 7.09. The summed E-state index contributed by atoms with van der Waals surface area (Å²) in [6.45, 7) is 6.68. The highest BCUT2D eigenvalue weighted by molar-refractivity contribution is 7.18. The van der Waals surface area contributed by atoms with Gasteiger partial charge in [-0.2, -0.15) is 0 Å². The zero-order valence-corrected chi connectivity index (χ0v) is 16.6. The van der Waals surface area contributed by atoms with Gasteiger partial charge in [-0.25, -0.2) is 0 Å². The maximum absolute atomic E-state index is 4.49. The average Bonchev–Trinajstić information content (AvgIpc) is 3.18. The summed E-state index contributed by atoms with van der Waals surface area (Å²) in [4.78, 5) is 0. The monoisotopic (exact) mass is 370 g/mol. The number of nitrogens with zero attached hydrogens (tertiary/aromatic N) is 2. The molecule has 0 radical (unpaired) electrons. The molecule has 134 valence electrons. The van der Waals surface area contributed by atoms with Gasteiger partial charge in [0.25, 0.3) is 0 Å². The second-order valence-electron chi connectivity index (χ2n) is 7.65. The summed E-state index contributed by atoms with van der Waals surface area (Å²) in [6, 6.07) is 27.5. The minimum absolute atomic E-state index is 0.152. The van der Waals surface area contributed by atoms with E-state index < -0.39 is 0 Å². The van der Waals surface area contributed by atoms with Gasteiger partial charge >= 0.3 is 0 Å². The first kappa shape index (κ1) is 17.6. The summed E-state index contributed by atoms with van der Waals surface area (Å²) in [7, 11) is 0. The van der Waals surface area contributed by atoms with Gasteiger partial charge in [0.1, 0.15) is 10.0 Å². The van der Waals surface area contributed by atoms with Crippen LogP contribution in [0.5, 0.6) is 0 Å². The fourth-order valence-corrected chi connectivity index (χ4v) is 3.99. The van der Waals surface area contributed by atoms with Crippen LogP contribution in [0.25, 0.3) is 32.3 Å². The van der Waals surface area contributed by atoms with E-state index in [4.69, 9.17) is 0 Å². The predicted molar refractivity (Wildman–Crippen MR) is 115 cm³/mol. The molecule has 1 heterocycles. The van der Waals surface area contributed by atoms with Crippen molar-refractivity contribution in [2.75, 3.05) is 0 Å². The predicted octanol–water partition coefficient (Wildman–Crippen LogP) is 6.84. The van der Waals surface area contributed by atoms with Crippen LogP contribution in [0, 0.1) is 0 Å². The van der Waals surface area contributed by atoms with Gasteiger partial charge in [-0.05, 0) is 22.1 Å². The van der Waals surface area contributed by atoms with E-state index in [0.717, 1.165) is 21.1 Å². The highest BCUT2D eigenvalue weighted by Gasteiger charge is 2.15. The van der Waals surface area contributed by atoms with Crippen molar-refractivity contribution in [2.45, 2.75) is 26.2 Å². The number of benzene rings is 3. The second-order valence-corrected chi connectivity index (χ2v) is 8.63. The van der Waals surface area contributed by atoms with Gasteiger partial charge in [0.15, 0.2) is 0 Å². The highest BCUT2D eigenvalue weighted by atomic mass is 32.1. The van der Waals surface area contributed by atoms with E-state index >= 15 is 0 Å². The summed E-state index contributed by atoms with van der Waals surface area (Å²) in [6.07, 6.45) is 0. The lowest BCUT2D eigenvalue weighted by atomic mass is 9.87. The van der Waals surface area contributed by atoms with E-state index in [1.165, 1.54) is 16.7 Å². The van der Waals surface area contributed by atoms with E-state index in [2.05, 4.69) is 104 Å². The summed E-state index contributed by atoms with van der Waals surface area (Å²) >= 11 is 1.64. The fourth-order valence-electron chi connectivity index (χ4n) is 3.10. The summed E-state index contributed by atoms with van der Waals surface area (Å²) in [5.41, 5.74) is 6.09. The zero-order valence-electron chi connectivity index (χ0n) is 15.8. The Bertz CT molecular complexity index is 1040. The van der Waals surface area contributed by atoms with Crippen molar-refractivity contribution in [1.29, 1.82) is 0 Å². The minimum atomic E-state index is 0.152. The number of hydrogen-bond acceptors (Lipinski definition) is 3. The van der Waals surface area contributed by atoms with E-state index in [1.54, 1.807) is 11.3 Å². The van der Waals surface area contributed by atoms with Crippen molar-refractivity contribution in [3.8, 4) is 32.3 Å². The molecule has 0 aliphatic rings. The maximum Gasteiger partial charge on any atom is 0.148 e. The van der Waals surface area contributed by atoms with Crippen LogP contribution in [-0.4, -0.2) is 10.2 Å². The molecule has 2 nitrogen and oxygen atoms in total. The fraction of sp³-hybridized carbons (Fsp3) is 0.167. The van der Waals surface area contributed by atoms with Crippen LogP contribution in [-0.2, 0) is 5.41 Å². The molecule has 0 saturated heterocycles. The minimum Gasteiger partial charge on any atom is -0.138 e. The average molecular weight is 371 g/mol.